The molecule has 4 rings (SSSR count). The zero-order valence-corrected chi connectivity index (χ0v) is 19.5. The molecule has 0 radical (unpaired) electrons. The van der Waals surface area contributed by atoms with E-state index in [1.165, 1.54) is 10.4 Å². The Hall–Kier alpha value is -2.15. The van der Waals surface area contributed by atoms with E-state index >= 15 is 0 Å². The van der Waals surface area contributed by atoms with Crippen LogP contribution in [0.2, 0.25) is 5.15 Å². The van der Waals surface area contributed by atoms with Gasteiger partial charge < -0.3 is 5.32 Å². The molecule has 1 fully saturated rings. The highest BCUT2D eigenvalue weighted by atomic mass is 35.5. The van der Waals surface area contributed by atoms with E-state index < -0.39 is 0 Å². The second kappa shape index (κ2) is 10.4. The summed E-state index contributed by atoms with van der Waals surface area (Å²) in [4.78, 5) is 16.2. The summed E-state index contributed by atoms with van der Waals surface area (Å²) in [5.41, 5.74) is 3.26. The van der Waals surface area contributed by atoms with Gasteiger partial charge in [-0.2, -0.15) is 5.10 Å². The lowest BCUT2D eigenvalue weighted by atomic mass is 9.95. The minimum absolute atomic E-state index is 0.108. The molecule has 0 bridgehead atoms. The zero-order valence-electron chi connectivity index (χ0n) is 17.9. The third-order valence-corrected chi connectivity index (χ3v) is 7.31. The van der Waals surface area contributed by atoms with E-state index in [1.807, 2.05) is 29.8 Å². The molecular formula is C24H29ClN4OS. The summed E-state index contributed by atoms with van der Waals surface area (Å²) in [7, 11) is 0. The number of hydrogen-bond donors (Lipinski definition) is 1. The number of carbonyl (C=O) groups excluding carboxylic acids is 1. The van der Waals surface area contributed by atoms with Crippen LogP contribution in [-0.2, 0) is 24.3 Å². The van der Waals surface area contributed by atoms with Crippen LogP contribution in [0.1, 0.15) is 34.5 Å². The van der Waals surface area contributed by atoms with Gasteiger partial charge in [-0.3, -0.25) is 9.69 Å². The largest absolute Gasteiger partial charge is 0.355 e. The number of nitrogens with zero attached hydrogens (tertiary/aromatic N) is 3. The van der Waals surface area contributed by atoms with Crippen molar-refractivity contribution in [1.82, 2.24) is 20.0 Å². The van der Waals surface area contributed by atoms with Crippen LogP contribution in [0.25, 0.3) is 0 Å². The lowest BCUT2D eigenvalue weighted by Crippen LogP contribution is -2.40. The maximum Gasteiger partial charge on any atom is 0.223 e. The quantitative estimate of drug-likeness (QED) is 0.542. The molecule has 31 heavy (non-hydrogen) atoms. The Bertz CT molecular complexity index is 979. The first-order chi connectivity index (χ1) is 15.1. The number of nitrogens with one attached hydrogen (secondary N) is 1. The normalized spacial score (nSPS) is 15.3. The van der Waals surface area contributed by atoms with Crippen molar-refractivity contribution >= 4 is 28.8 Å². The van der Waals surface area contributed by atoms with Crippen molar-refractivity contribution in [2.75, 3.05) is 19.6 Å². The summed E-state index contributed by atoms with van der Waals surface area (Å²) < 4.78 is 1.88. The van der Waals surface area contributed by atoms with Crippen molar-refractivity contribution in [2.45, 2.75) is 39.3 Å². The van der Waals surface area contributed by atoms with E-state index in [0.717, 1.165) is 61.9 Å². The van der Waals surface area contributed by atoms with E-state index in [2.05, 4.69) is 45.0 Å². The highest BCUT2D eigenvalue weighted by Gasteiger charge is 2.26. The molecule has 1 aliphatic rings. The van der Waals surface area contributed by atoms with Gasteiger partial charge in [-0.1, -0.05) is 48.0 Å². The van der Waals surface area contributed by atoms with Crippen molar-refractivity contribution in [1.29, 1.82) is 0 Å². The summed E-state index contributed by atoms with van der Waals surface area (Å²) >= 11 is 8.43. The Balaban J connectivity index is 1.26. The van der Waals surface area contributed by atoms with Crippen molar-refractivity contribution in [3.63, 3.8) is 0 Å². The number of carbonyl (C=O) groups is 1. The van der Waals surface area contributed by atoms with E-state index in [9.17, 15) is 4.79 Å². The van der Waals surface area contributed by atoms with Crippen LogP contribution in [0.3, 0.4) is 0 Å². The fourth-order valence-corrected chi connectivity index (χ4v) is 5.12. The summed E-state index contributed by atoms with van der Waals surface area (Å²) in [6.45, 7) is 6.01. The number of aryl methyl sites for hydroxylation is 1. The van der Waals surface area contributed by atoms with E-state index in [0.29, 0.717) is 6.54 Å². The van der Waals surface area contributed by atoms with Crippen molar-refractivity contribution in [3.05, 3.63) is 74.7 Å². The van der Waals surface area contributed by atoms with Gasteiger partial charge in [0.1, 0.15) is 5.15 Å². The number of benzene rings is 1. The molecule has 1 amide bonds. The van der Waals surface area contributed by atoms with Crippen molar-refractivity contribution in [2.24, 2.45) is 5.92 Å². The van der Waals surface area contributed by atoms with Crippen molar-refractivity contribution < 1.29 is 4.79 Å². The van der Waals surface area contributed by atoms with Crippen LogP contribution in [0.4, 0.5) is 0 Å². The monoisotopic (exact) mass is 456 g/mol. The third kappa shape index (κ3) is 5.76. The van der Waals surface area contributed by atoms with Crippen LogP contribution >= 0.6 is 22.9 Å². The molecule has 0 aliphatic carbocycles. The molecule has 3 aromatic rings. The highest BCUT2D eigenvalue weighted by Crippen LogP contribution is 2.25. The third-order valence-electron chi connectivity index (χ3n) is 5.95. The van der Waals surface area contributed by atoms with Gasteiger partial charge >= 0.3 is 0 Å². The fourth-order valence-electron chi connectivity index (χ4n) is 4.12. The molecule has 164 valence electrons. The molecule has 0 spiro atoms. The molecule has 1 aliphatic heterocycles. The smallest absolute Gasteiger partial charge is 0.223 e. The second-order valence-corrected chi connectivity index (χ2v) is 9.56. The van der Waals surface area contributed by atoms with E-state index in [1.54, 1.807) is 11.3 Å². The van der Waals surface area contributed by atoms with Crippen LogP contribution in [0, 0.1) is 12.8 Å². The van der Waals surface area contributed by atoms with Crippen LogP contribution in [-0.4, -0.2) is 40.2 Å². The molecule has 0 saturated carbocycles. The molecule has 0 unspecified atom stereocenters. The molecule has 1 aromatic carbocycles. The number of piperidine rings is 1. The molecule has 1 saturated heterocycles. The fraction of sp³-hybridized carbons (Fsp3) is 0.417. The SMILES string of the molecule is Cc1nn(Cc2ccccc2)c(Cl)c1CN1CCC(C(=O)NCCc2cccs2)CC1. The molecule has 7 heteroatoms. The first-order valence-electron chi connectivity index (χ1n) is 10.9. The first-order valence-corrected chi connectivity index (χ1v) is 12.1. The lowest BCUT2D eigenvalue weighted by molar-refractivity contribution is -0.126. The zero-order chi connectivity index (χ0) is 21.6. The first kappa shape index (κ1) is 22.1. The number of aromatic nitrogens is 2. The van der Waals surface area contributed by atoms with Gasteiger partial charge in [-0.15, -0.1) is 11.3 Å². The Kier molecular flexibility index (Phi) is 7.43. The minimum Gasteiger partial charge on any atom is -0.355 e. The van der Waals surface area contributed by atoms with Crippen molar-refractivity contribution in [3.8, 4) is 0 Å². The maximum atomic E-state index is 12.5. The van der Waals surface area contributed by atoms with Gasteiger partial charge in [-0.05, 0) is 56.3 Å². The molecular weight excluding hydrogens is 428 g/mol. The Labute approximate surface area is 193 Å². The highest BCUT2D eigenvalue weighted by molar-refractivity contribution is 7.09. The van der Waals surface area contributed by atoms with Crippen LogP contribution in [0.5, 0.6) is 0 Å². The number of likely N-dealkylation sites (tertiary alicyclic amines) is 1. The number of thiophene rings is 1. The summed E-state index contributed by atoms with van der Waals surface area (Å²) in [6.07, 6.45) is 2.69. The van der Waals surface area contributed by atoms with Gasteiger partial charge in [0.15, 0.2) is 0 Å². The van der Waals surface area contributed by atoms with Crippen LogP contribution in [0.15, 0.2) is 47.8 Å². The van der Waals surface area contributed by atoms with Gasteiger partial charge in [-0.25, -0.2) is 4.68 Å². The average Bonchev–Trinajstić information content (AvgIpc) is 3.39. The van der Waals surface area contributed by atoms with Gasteiger partial charge in [0.05, 0.1) is 12.2 Å². The van der Waals surface area contributed by atoms with Gasteiger partial charge in [0.2, 0.25) is 5.91 Å². The van der Waals surface area contributed by atoms with Gasteiger partial charge in [0.25, 0.3) is 0 Å². The number of hydrogen-bond acceptors (Lipinski definition) is 4. The van der Waals surface area contributed by atoms with E-state index in [-0.39, 0.29) is 11.8 Å². The summed E-state index contributed by atoms with van der Waals surface area (Å²) in [5.74, 6) is 0.304. The standard InChI is InChI=1S/C24H29ClN4OS/c1-18-22(23(25)29(27-18)16-19-6-3-2-4-7-19)17-28-13-10-20(11-14-28)24(30)26-12-9-21-8-5-15-31-21/h2-8,15,20H,9-14,16-17H2,1H3,(H,26,30). The maximum absolute atomic E-state index is 12.5. The molecule has 3 heterocycles. The minimum atomic E-state index is 0.108. The summed E-state index contributed by atoms with van der Waals surface area (Å²) in [6, 6.07) is 14.4. The predicted molar refractivity (Wildman–Crippen MR) is 127 cm³/mol. The Morgan fingerprint density at radius 3 is 2.65 bits per heavy atom. The molecule has 1 N–H and O–H groups in total. The van der Waals surface area contributed by atoms with Crippen LogP contribution < -0.4 is 5.32 Å². The second-order valence-electron chi connectivity index (χ2n) is 8.17. The lowest BCUT2D eigenvalue weighted by Gasteiger charge is -2.31. The molecule has 2 aromatic heterocycles. The predicted octanol–water partition coefficient (Wildman–Crippen LogP) is 4.53. The molecule has 0 atom stereocenters. The Morgan fingerprint density at radius 1 is 1.16 bits per heavy atom. The Morgan fingerprint density at radius 2 is 1.94 bits per heavy atom. The average molecular weight is 457 g/mol. The summed E-state index contributed by atoms with van der Waals surface area (Å²) in [5, 5.41) is 10.6. The number of amides is 1. The topological polar surface area (TPSA) is 50.2 Å². The number of halogens is 1. The number of rotatable bonds is 8. The molecule has 5 nitrogen and oxygen atoms in total. The van der Waals surface area contributed by atoms with Gasteiger partial charge in [0, 0.05) is 29.4 Å². The van der Waals surface area contributed by atoms with E-state index in [4.69, 9.17) is 11.6 Å².